The van der Waals surface area contributed by atoms with E-state index in [9.17, 15) is 9.59 Å². The molecule has 0 spiro atoms. The van der Waals surface area contributed by atoms with Crippen molar-refractivity contribution in [3.05, 3.63) is 12.2 Å². The fraction of sp³-hybridized carbons (Fsp3) is 0.886. The van der Waals surface area contributed by atoms with Crippen molar-refractivity contribution < 1.29 is 19.4 Å². The molecule has 0 fully saturated rings. The summed E-state index contributed by atoms with van der Waals surface area (Å²) in [5.74, 6) is -0.960. The number of ether oxygens (including phenoxy) is 1. The van der Waals surface area contributed by atoms with Crippen molar-refractivity contribution in [2.75, 3.05) is 0 Å². The molecule has 0 saturated heterocycles. The highest BCUT2D eigenvalue weighted by Crippen LogP contribution is 2.17. The molecule has 4 nitrogen and oxygen atoms in total. The van der Waals surface area contributed by atoms with Gasteiger partial charge >= 0.3 is 11.9 Å². The molecule has 0 aromatic carbocycles. The Kier molecular flexibility index (Phi) is 30.2. The number of carboxylic acids is 1. The zero-order chi connectivity index (χ0) is 28.7. The van der Waals surface area contributed by atoms with Gasteiger partial charge in [-0.1, -0.05) is 142 Å². The molecule has 0 radical (unpaired) electrons. The lowest BCUT2D eigenvalue weighted by atomic mass is 10.0. The first-order chi connectivity index (χ1) is 19.1. The Morgan fingerprint density at radius 3 is 1.41 bits per heavy atom. The van der Waals surface area contributed by atoms with Crippen molar-refractivity contribution in [3.8, 4) is 0 Å². The first-order valence-corrected chi connectivity index (χ1v) is 17.2. The predicted molar refractivity (Wildman–Crippen MR) is 167 cm³/mol. The Bertz CT molecular complexity index is 557. The first kappa shape index (κ1) is 37.7. The standard InChI is InChI=1S/C35H66O4/c1-3-5-7-9-11-13-15-16-17-18-20-22-24-26-28-30-35(38)39-33(31-32-34(36)37)29-27-25-23-21-19-14-12-10-8-6-4-2/h16-17,33H,3-15,18-32H2,1-2H3,(H,36,37)/b17-16-. The SMILES string of the molecule is CCCCCCCC/C=C\CCCCCCCC(=O)OC(CCCCCCCCCCCCC)CCC(=O)O. The summed E-state index contributed by atoms with van der Waals surface area (Å²) in [5, 5.41) is 9.06. The number of hydrogen-bond donors (Lipinski definition) is 1. The number of unbranched alkanes of at least 4 members (excludes halogenated alkanes) is 21. The van der Waals surface area contributed by atoms with Crippen LogP contribution in [0.1, 0.15) is 194 Å². The molecule has 0 aliphatic carbocycles. The third kappa shape index (κ3) is 31.1. The summed E-state index contributed by atoms with van der Waals surface area (Å²) in [6.45, 7) is 4.52. The summed E-state index contributed by atoms with van der Waals surface area (Å²) < 4.78 is 5.70. The Morgan fingerprint density at radius 2 is 0.949 bits per heavy atom. The molecule has 1 atom stereocenters. The Morgan fingerprint density at radius 1 is 0.538 bits per heavy atom. The van der Waals surface area contributed by atoms with Crippen molar-refractivity contribution in [2.24, 2.45) is 0 Å². The average molecular weight is 551 g/mol. The first-order valence-electron chi connectivity index (χ1n) is 17.2. The van der Waals surface area contributed by atoms with Gasteiger partial charge in [0.05, 0.1) is 0 Å². The van der Waals surface area contributed by atoms with E-state index in [0.717, 1.165) is 32.1 Å². The molecular weight excluding hydrogens is 484 g/mol. The highest BCUT2D eigenvalue weighted by Gasteiger charge is 2.15. The smallest absolute Gasteiger partial charge is 0.306 e. The van der Waals surface area contributed by atoms with Gasteiger partial charge in [-0.05, 0) is 51.4 Å². The van der Waals surface area contributed by atoms with Crippen molar-refractivity contribution in [1.29, 1.82) is 0 Å². The highest BCUT2D eigenvalue weighted by molar-refractivity contribution is 5.69. The summed E-state index contributed by atoms with van der Waals surface area (Å²) in [7, 11) is 0. The summed E-state index contributed by atoms with van der Waals surface area (Å²) in [4.78, 5) is 23.4. The van der Waals surface area contributed by atoms with Crippen LogP contribution in [0, 0.1) is 0 Å². The van der Waals surface area contributed by atoms with E-state index in [0.29, 0.717) is 12.8 Å². The lowest BCUT2D eigenvalue weighted by Crippen LogP contribution is -2.19. The molecule has 39 heavy (non-hydrogen) atoms. The van der Waals surface area contributed by atoms with Gasteiger partial charge in [0.2, 0.25) is 0 Å². The Labute approximate surface area is 243 Å². The number of hydrogen-bond acceptors (Lipinski definition) is 3. The minimum atomic E-state index is -0.813. The summed E-state index contributed by atoms with van der Waals surface area (Å²) in [5.41, 5.74) is 0. The van der Waals surface area contributed by atoms with Gasteiger partial charge in [-0.25, -0.2) is 0 Å². The fourth-order valence-electron chi connectivity index (χ4n) is 5.17. The molecule has 0 rings (SSSR count). The zero-order valence-corrected chi connectivity index (χ0v) is 26.2. The Hall–Kier alpha value is -1.32. The molecule has 0 aliphatic rings. The second kappa shape index (κ2) is 31.2. The number of esters is 1. The molecule has 4 heteroatoms. The van der Waals surface area contributed by atoms with Crippen LogP contribution in [0.2, 0.25) is 0 Å². The van der Waals surface area contributed by atoms with E-state index in [1.54, 1.807) is 0 Å². The summed E-state index contributed by atoms with van der Waals surface area (Å²) in [6.07, 6.45) is 36.5. The minimum Gasteiger partial charge on any atom is -0.481 e. The van der Waals surface area contributed by atoms with E-state index in [1.807, 2.05) is 0 Å². The molecule has 0 amide bonds. The predicted octanol–water partition coefficient (Wildman–Crippen LogP) is 11.5. The summed E-state index contributed by atoms with van der Waals surface area (Å²) >= 11 is 0. The number of allylic oxidation sites excluding steroid dienone is 2. The van der Waals surface area contributed by atoms with E-state index >= 15 is 0 Å². The Balaban J connectivity index is 3.76. The maximum atomic E-state index is 12.4. The van der Waals surface area contributed by atoms with Crippen molar-refractivity contribution in [1.82, 2.24) is 0 Å². The van der Waals surface area contributed by atoms with E-state index in [1.165, 1.54) is 128 Å². The second-order valence-electron chi connectivity index (χ2n) is 11.7. The van der Waals surface area contributed by atoms with Crippen LogP contribution in [0.5, 0.6) is 0 Å². The van der Waals surface area contributed by atoms with E-state index < -0.39 is 5.97 Å². The normalized spacial score (nSPS) is 12.3. The van der Waals surface area contributed by atoms with Gasteiger partial charge in [0.1, 0.15) is 6.10 Å². The van der Waals surface area contributed by atoms with Gasteiger partial charge in [-0.2, -0.15) is 0 Å². The molecular formula is C35H66O4. The monoisotopic (exact) mass is 550 g/mol. The second-order valence-corrected chi connectivity index (χ2v) is 11.7. The van der Waals surface area contributed by atoms with E-state index in [2.05, 4.69) is 26.0 Å². The molecule has 0 heterocycles. The maximum Gasteiger partial charge on any atom is 0.306 e. The maximum absolute atomic E-state index is 12.4. The highest BCUT2D eigenvalue weighted by atomic mass is 16.5. The van der Waals surface area contributed by atoms with E-state index in [-0.39, 0.29) is 18.5 Å². The number of carbonyl (C=O) groups is 2. The van der Waals surface area contributed by atoms with Crippen LogP contribution in [-0.2, 0) is 14.3 Å². The molecule has 230 valence electrons. The molecule has 0 aliphatic heterocycles. The van der Waals surface area contributed by atoms with Crippen LogP contribution < -0.4 is 0 Å². The van der Waals surface area contributed by atoms with Crippen LogP contribution in [0.25, 0.3) is 0 Å². The molecule has 1 N–H and O–H groups in total. The van der Waals surface area contributed by atoms with Gasteiger partial charge in [0.15, 0.2) is 0 Å². The number of carbonyl (C=O) groups excluding carboxylic acids is 1. The molecule has 1 unspecified atom stereocenters. The van der Waals surface area contributed by atoms with Crippen LogP contribution in [-0.4, -0.2) is 23.1 Å². The lowest BCUT2D eigenvalue weighted by Gasteiger charge is -2.17. The number of aliphatic carboxylic acids is 1. The van der Waals surface area contributed by atoms with Gasteiger partial charge in [-0.3, -0.25) is 9.59 Å². The third-order valence-corrected chi connectivity index (χ3v) is 7.75. The fourth-order valence-corrected chi connectivity index (χ4v) is 5.17. The lowest BCUT2D eigenvalue weighted by molar-refractivity contribution is -0.151. The average Bonchev–Trinajstić information content (AvgIpc) is 2.92. The van der Waals surface area contributed by atoms with E-state index in [4.69, 9.17) is 9.84 Å². The molecule has 0 aromatic rings. The van der Waals surface area contributed by atoms with Gasteiger partial charge in [0, 0.05) is 12.8 Å². The zero-order valence-electron chi connectivity index (χ0n) is 26.2. The van der Waals surface area contributed by atoms with Crippen LogP contribution in [0.15, 0.2) is 12.2 Å². The molecule has 0 aromatic heterocycles. The largest absolute Gasteiger partial charge is 0.481 e. The topological polar surface area (TPSA) is 63.6 Å². The van der Waals surface area contributed by atoms with Gasteiger partial charge in [0.25, 0.3) is 0 Å². The van der Waals surface area contributed by atoms with Crippen molar-refractivity contribution in [3.63, 3.8) is 0 Å². The minimum absolute atomic E-state index is 0.0728. The number of rotatable bonds is 31. The van der Waals surface area contributed by atoms with Crippen LogP contribution >= 0.6 is 0 Å². The van der Waals surface area contributed by atoms with Crippen molar-refractivity contribution in [2.45, 2.75) is 200 Å². The summed E-state index contributed by atoms with van der Waals surface area (Å²) in [6, 6.07) is 0. The molecule has 0 saturated carbocycles. The number of carboxylic acid groups (broad SMARTS) is 1. The van der Waals surface area contributed by atoms with Crippen LogP contribution in [0.3, 0.4) is 0 Å². The van der Waals surface area contributed by atoms with Gasteiger partial charge in [-0.15, -0.1) is 0 Å². The third-order valence-electron chi connectivity index (χ3n) is 7.75. The quantitative estimate of drug-likeness (QED) is 0.0529. The van der Waals surface area contributed by atoms with Crippen LogP contribution in [0.4, 0.5) is 0 Å². The molecule has 0 bridgehead atoms. The van der Waals surface area contributed by atoms with Gasteiger partial charge < -0.3 is 9.84 Å². The van der Waals surface area contributed by atoms with Crippen molar-refractivity contribution >= 4 is 11.9 Å².